The van der Waals surface area contributed by atoms with Crippen molar-refractivity contribution >= 4 is 5.91 Å². The summed E-state index contributed by atoms with van der Waals surface area (Å²) in [5.74, 6) is 2.08. The Morgan fingerprint density at radius 1 is 0.889 bits per heavy atom. The van der Waals surface area contributed by atoms with E-state index in [0.29, 0.717) is 30.2 Å². The molecule has 1 aliphatic heterocycles. The fourth-order valence-electron chi connectivity index (χ4n) is 4.77. The molecule has 1 aromatic heterocycles. The number of aromatic amines is 1. The molecule has 1 unspecified atom stereocenters. The third kappa shape index (κ3) is 4.17. The highest BCUT2D eigenvalue weighted by atomic mass is 16.5. The van der Waals surface area contributed by atoms with Gasteiger partial charge in [-0.3, -0.25) is 9.89 Å². The Labute approximate surface area is 210 Å². The molecule has 0 saturated carbocycles. The zero-order valence-electron chi connectivity index (χ0n) is 20.9. The van der Waals surface area contributed by atoms with E-state index in [9.17, 15) is 4.79 Å². The van der Waals surface area contributed by atoms with E-state index in [-0.39, 0.29) is 11.9 Å². The summed E-state index contributed by atoms with van der Waals surface area (Å²) in [7, 11) is 4.91. The highest BCUT2D eigenvalue weighted by Crippen LogP contribution is 2.46. The molecule has 1 amide bonds. The molecule has 0 bridgehead atoms. The summed E-state index contributed by atoms with van der Waals surface area (Å²) in [6.45, 7) is 2.58. The average molecular weight is 484 g/mol. The molecule has 5 rings (SSSR count). The van der Waals surface area contributed by atoms with Gasteiger partial charge in [-0.2, -0.15) is 5.10 Å². The molecular weight excluding hydrogens is 454 g/mol. The summed E-state index contributed by atoms with van der Waals surface area (Å²) >= 11 is 0. The third-order valence-corrected chi connectivity index (χ3v) is 6.72. The van der Waals surface area contributed by atoms with Crippen LogP contribution in [0.25, 0.3) is 11.3 Å². The van der Waals surface area contributed by atoms with Crippen molar-refractivity contribution in [1.82, 2.24) is 15.1 Å². The molecule has 0 radical (unpaired) electrons. The number of carbonyl (C=O) groups excluding carboxylic acids is 1. The van der Waals surface area contributed by atoms with Crippen LogP contribution in [0.1, 0.15) is 38.8 Å². The van der Waals surface area contributed by atoms with Crippen LogP contribution >= 0.6 is 0 Å². The van der Waals surface area contributed by atoms with Crippen LogP contribution in [-0.4, -0.2) is 48.9 Å². The van der Waals surface area contributed by atoms with Gasteiger partial charge in [0.05, 0.1) is 33.1 Å². The Kier molecular flexibility index (Phi) is 6.38. The highest BCUT2D eigenvalue weighted by Gasteiger charge is 2.43. The van der Waals surface area contributed by atoms with Crippen LogP contribution in [-0.2, 0) is 6.42 Å². The van der Waals surface area contributed by atoms with Gasteiger partial charge in [0.2, 0.25) is 0 Å². The van der Waals surface area contributed by atoms with Gasteiger partial charge in [0.1, 0.15) is 22.9 Å². The van der Waals surface area contributed by atoms with Gasteiger partial charge in [0, 0.05) is 29.3 Å². The molecule has 0 spiro atoms. The van der Waals surface area contributed by atoms with Crippen LogP contribution in [0.15, 0.2) is 66.7 Å². The predicted molar refractivity (Wildman–Crippen MR) is 138 cm³/mol. The number of nitrogens with zero attached hydrogens (tertiary/aromatic N) is 2. The lowest BCUT2D eigenvalue weighted by atomic mass is 9.94. The Morgan fingerprint density at radius 3 is 2.25 bits per heavy atom. The molecule has 1 aliphatic rings. The molecule has 3 aromatic carbocycles. The molecule has 184 valence electrons. The second-order valence-corrected chi connectivity index (χ2v) is 8.83. The number of hydrogen-bond donors (Lipinski definition) is 1. The average Bonchev–Trinajstić information content (AvgIpc) is 3.46. The maximum Gasteiger partial charge on any atom is 0.273 e. The van der Waals surface area contributed by atoms with Crippen LogP contribution < -0.4 is 14.2 Å². The van der Waals surface area contributed by atoms with Crippen molar-refractivity contribution in [3.05, 3.63) is 94.7 Å². The zero-order valence-corrected chi connectivity index (χ0v) is 20.9. The highest BCUT2D eigenvalue weighted by molar-refractivity contribution is 6.00. The summed E-state index contributed by atoms with van der Waals surface area (Å²) in [6.07, 6.45) is 0.697. The Balaban J connectivity index is 1.58. The van der Waals surface area contributed by atoms with E-state index in [1.54, 1.807) is 21.3 Å². The van der Waals surface area contributed by atoms with Gasteiger partial charge < -0.3 is 19.1 Å². The van der Waals surface area contributed by atoms with Crippen molar-refractivity contribution in [2.24, 2.45) is 0 Å². The zero-order chi connectivity index (χ0) is 25.2. The molecule has 1 atom stereocenters. The molecule has 1 N–H and O–H groups in total. The number of aryl methyl sites for hydroxylation is 1. The maximum absolute atomic E-state index is 13.7. The van der Waals surface area contributed by atoms with E-state index in [4.69, 9.17) is 14.2 Å². The minimum absolute atomic E-state index is 0.0766. The second-order valence-electron chi connectivity index (χ2n) is 8.83. The summed E-state index contributed by atoms with van der Waals surface area (Å²) < 4.78 is 16.5. The van der Waals surface area contributed by atoms with E-state index in [1.165, 1.54) is 0 Å². The predicted octanol–water partition coefficient (Wildman–Crippen LogP) is 5.20. The van der Waals surface area contributed by atoms with Crippen LogP contribution in [0.3, 0.4) is 0 Å². The Bertz CT molecular complexity index is 1380. The lowest BCUT2D eigenvalue weighted by Crippen LogP contribution is -2.31. The number of ether oxygens (including phenoxy) is 3. The van der Waals surface area contributed by atoms with Gasteiger partial charge in [-0.25, -0.2) is 0 Å². The number of nitrogens with one attached hydrogen (secondary N) is 1. The van der Waals surface area contributed by atoms with Gasteiger partial charge in [-0.05, 0) is 43.2 Å². The number of amides is 1. The number of benzene rings is 3. The topological polar surface area (TPSA) is 76.7 Å². The quantitative estimate of drug-likeness (QED) is 0.373. The second kappa shape index (κ2) is 9.77. The van der Waals surface area contributed by atoms with Crippen molar-refractivity contribution in [1.29, 1.82) is 0 Å². The number of methoxy groups -OCH3 is 3. The van der Waals surface area contributed by atoms with Crippen LogP contribution in [0.5, 0.6) is 17.2 Å². The molecule has 0 fully saturated rings. The van der Waals surface area contributed by atoms with Crippen molar-refractivity contribution in [2.45, 2.75) is 19.4 Å². The normalized spacial score (nSPS) is 14.6. The van der Waals surface area contributed by atoms with Crippen LogP contribution in [0.4, 0.5) is 0 Å². The standard InChI is InChI=1S/C29H29N3O4/c1-18-5-9-20(10-6-18)26-25-27(31-30-26)29(33)32(16-15-19-7-11-21(34-2)12-8-19)28(25)23-14-13-22(35-3)17-24(23)36-4/h5-14,17,28H,15-16H2,1-4H3,(H,30,31). The molecule has 0 saturated heterocycles. The first kappa shape index (κ1) is 23.5. The number of H-pyrrole nitrogens is 1. The number of carbonyl (C=O) groups is 1. The first-order valence-electron chi connectivity index (χ1n) is 11.8. The SMILES string of the molecule is COc1ccc(CCN2C(=O)c3[nH]nc(-c4ccc(C)cc4)c3C2c2ccc(OC)cc2OC)cc1. The van der Waals surface area contributed by atoms with E-state index in [0.717, 1.165) is 39.3 Å². The number of rotatable bonds is 8. The largest absolute Gasteiger partial charge is 0.497 e. The molecule has 4 aromatic rings. The van der Waals surface area contributed by atoms with Crippen molar-refractivity contribution in [3.8, 4) is 28.5 Å². The number of aromatic nitrogens is 2. The lowest BCUT2D eigenvalue weighted by molar-refractivity contribution is 0.0744. The van der Waals surface area contributed by atoms with E-state index in [1.807, 2.05) is 66.4 Å². The van der Waals surface area contributed by atoms with Crippen LogP contribution in [0, 0.1) is 6.92 Å². The van der Waals surface area contributed by atoms with Gasteiger partial charge in [-0.15, -0.1) is 0 Å². The maximum atomic E-state index is 13.7. The van der Waals surface area contributed by atoms with Crippen molar-refractivity contribution in [3.63, 3.8) is 0 Å². The third-order valence-electron chi connectivity index (χ3n) is 6.72. The number of fused-ring (bicyclic) bond motifs is 1. The molecule has 36 heavy (non-hydrogen) atoms. The first-order valence-corrected chi connectivity index (χ1v) is 11.8. The van der Waals surface area contributed by atoms with E-state index >= 15 is 0 Å². The molecule has 7 nitrogen and oxygen atoms in total. The van der Waals surface area contributed by atoms with E-state index < -0.39 is 0 Å². The van der Waals surface area contributed by atoms with Crippen LogP contribution in [0.2, 0.25) is 0 Å². The summed E-state index contributed by atoms with van der Waals surface area (Å²) in [5.41, 5.74) is 6.28. The fourth-order valence-corrected chi connectivity index (χ4v) is 4.77. The molecule has 2 heterocycles. The Morgan fingerprint density at radius 2 is 1.58 bits per heavy atom. The molecule has 7 heteroatoms. The monoisotopic (exact) mass is 483 g/mol. The lowest BCUT2D eigenvalue weighted by Gasteiger charge is -2.28. The minimum atomic E-state index is -0.360. The smallest absolute Gasteiger partial charge is 0.273 e. The molecular formula is C29H29N3O4. The van der Waals surface area contributed by atoms with Crippen molar-refractivity contribution < 1.29 is 19.0 Å². The van der Waals surface area contributed by atoms with E-state index in [2.05, 4.69) is 22.3 Å². The summed E-state index contributed by atoms with van der Waals surface area (Å²) in [5, 5.41) is 7.60. The minimum Gasteiger partial charge on any atom is -0.497 e. The fraction of sp³-hybridized carbons (Fsp3) is 0.241. The van der Waals surface area contributed by atoms with Gasteiger partial charge in [0.25, 0.3) is 5.91 Å². The summed E-state index contributed by atoms with van der Waals surface area (Å²) in [4.78, 5) is 15.6. The van der Waals surface area contributed by atoms with Crippen molar-refractivity contribution in [2.75, 3.05) is 27.9 Å². The number of hydrogen-bond acceptors (Lipinski definition) is 5. The summed E-state index contributed by atoms with van der Waals surface area (Å²) in [6, 6.07) is 21.5. The Hall–Kier alpha value is -4.26. The van der Waals surface area contributed by atoms with Gasteiger partial charge in [-0.1, -0.05) is 42.0 Å². The van der Waals surface area contributed by atoms with Gasteiger partial charge in [0.15, 0.2) is 0 Å². The first-order chi connectivity index (χ1) is 17.5. The van der Waals surface area contributed by atoms with Gasteiger partial charge >= 0.3 is 0 Å². The molecule has 0 aliphatic carbocycles.